The number of aromatic nitrogens is 2. The minimum atomic E-state index is -1.01. The Kier molecular flexibility index (Phi) is 3.01. The van der Waals surface area contributed by atoms with Crippen LogP contribution in [0.3, 0.4) is 0 Å². The van der Waals surface area contributed by atoms with Crippen molar-refractivity contribution in [3.05, 3.63) is 29.6 Å². The van der Waals surface area contributed by atoms with Gasteiger partial charge in [0.25, 0.3) is 0 Å². The minimum absolute atomic E-state index is 0.0158. The molecule has 0 atom stereocenters. The number of carbonyl (C=O) groups is 2. The Balaban J connectivity index is 2.56. The Bertz CT molecular complexity index is 630. The predicted molar refractivity (Wildman–Crippen MR) is 63.4 cm³/mol. The lowest BCUT2D eigenvalue weighted by Crippen LogP contribution is -2.12. The van der Waals surface area contributed by atoms with Crippen LogP contribution in [-0.2, 0) is 16.1 Å². The van der Waals surface area contributed by atoms with Crippen molar-refractivity contribution in [2.45, 2.75) is 13.5 Å². The number of nitrogens with zero attached hydrogens (tertiary/aromatic N) is 2. The normalized spacial score (nSPS) is 10.6. The number of benzene rings is 1. The molecule has 1 aromatic carbocycles. The van der Waals surface area contributed by atoms with Crippen molar-refractivity contribution in [3.8, 4) is 0 Å². The summed E-state index contributed by atoms with van der Waals surface area (Å²) < 4.78 is 6.23. The van der Waals surface area contributed by atoms with Crippen LogP contribution in [0.4, 0.5) is 0 Å². The van der Waals surface area contributed by atoms with Gasteiger partial charge in [-0.25, -0.2) is 9.78 Å². The smallest absolute Gasteiger partial charge is 0.335 e. The van der Waals surface area contributed by atoms with E-state index in [1.807, 2.05) is 0 Å². The summed E-state index contributed by atoms with van der Waals surface area (Å²) in [7, 11) is 1.31. The summed E-state index contributed by atoms with van der Waals surface area (Å²) in [5.41, 5.74) is 1.42. The largest absolute Gasteiger partial charge is 0.478 e. The second kappa shape index (κ2) is 4.48. The molecule has 0 saturated carbocycles. The number of hydrogen-bond acceptors (Lipinski definition) is 4. The van der Waals surface area contributed by atoms with E-state index >= 15 is 0 Å². The molecule has 0 spiro atoms. The molecule has 94 valence electrons. The summed E-state index contributed by atoms with van der Waals surface area (Å²) in [4.78, 5) is 26.5. The topological polar surface area (TPSA) is 81.4 Å². The molecule has 1 aromatic heterocycles. The molecule has 6 nitrogen and oxygen atoms in total. The Morgan fingerprint density at radius 3 is 2.78 bits per heavy atom. The molecule has 0 amide bonds. The molecule has 0 bridgehead atoms. The Hall–Kier alpha value is -2.37. The molecule has 2 rings (SSSR count). The molecular weight excluding hydrogens is 236 g/mol. The van der Waals surface area contributed by atoms with Gasteiger partial charge in [0.2, 0.25) is 0 Å². The van der Waals surface area contributed by atoms with Crippen molar-refractivity contribution >= 4 is 23.0 Å². The van der Waals surface area contributed by atoms with E-state index in [-0.39, 0.29) is 12.1 Å². The van der Waals surface area contributed by atoms with Crippen LogP contribution in [0.25, 0.3) is 11.0 Å². The molecule has 0 aliphatic carbocycles. The molecule has 0 aliphatic heterocycles. The zero-order valence-corrected chi connectivity index (χ0v) is 10.0. The quantitative estimate of drug-likeness (QED) is 0.826. The second-order valence-electron chi connectivity index (χ2n) is 3.83. The molecule has 1 heterocycles. The van der Waals surface area contributed by atoms with Crippen LogP contribution < -0.4 is 0 Å². The number of aryl methyl sites for hydroxylation is 1. The fraction of sp³-hybridized carbons (Fsp3) is 0.250. The van der Waals surface area contributed by atoms with Gasteiger partial charge in [0, 0.05) is 0 Å². The summed E-state index contributed by atoms with van der Waals surface area (Å²) in [6.45, 7) is 1.77. The van der Waals surface area contributed by atoms with Gasteiger partial charge in [-0.2, -0.15) is 0 Å². The van der Waals surface area contributed by atoms with Crippen molar-refractivity contribution in [2.75, 3.05) is 7.11 Å². The molecule has 6 heteroatoms. The van der Waals surface area contributed by atoms with Gasteiger partial charge >= 0.3 is 11.9 Å². The van der Waals surface area contributed by atoms with Crippen molar-refractivity contribution in [1.29, 1.82) is 0 Å². The number of rotatable bonds is 3. The highest BCUT2D eigenvalue weighted by atomic mass is 16.5. The maximum absolute atomic E-state index is 11.3. The number of fused-ring (bicyclic) bond motifs is 1. The first kappa shape index (κ1) is 12.1. The Morgan fingerprint density at radius 1 is 1.44 bits per heavy atom. The summed E-state index contributed by atoms with van der Waals surface area (Å²) >= 11 is 0. The lowest BCUT2D eigenvalue weighted by atomic mass is 10.2. The molecule has 0 aliphatic rings. The van der Waals surface area contributed by atoms with Crippen LogP contribution in [0, 0.1) is 6.92 Å². The summed E-state index contributed by atoms with van der Waals surface area (Å²) in [6.07, 6.45) is 0. The van der Waals surface area contributed by atoms with Gasteiger partial charge < -0.3 is 14.4 Å². The molecular formula is C12H12N2O4. The molecule has 2 aromatic rings. The highest BCUT2D eigenvalue weighted by Crippen LogP contribution is 2.18. The van der Waals surface area contributed by atoms with Gasteiger partial charge in [0.1, 0.15) is 12.4 Å². The van der Waals surface area contributed by atoms with Crippen LogP contribution in [0.5, 0.6) is 0 Å². The lowest BCUT2D eigenvalue weighted by Gasteiger charge is -2.05. The van der Waals surface area contributed by atoms with E-state index in [0.717, 1.165) is 0 Å². The number of imidazole rings is 1. The first-order valence-corrected chi connectivity index (χ1v) is 5.30. The summed E-state index contributed by atoms with van der Waals surface area (Å²) in [5, 5.41) is 8.95. The highest BCUT2D eigenvalue weighted by Gasteiger charge is 2.13. The van der Waals surface area contributed by atoms with E-state index in [9.17, 15) is 9.59 Å². The Morgan fingerprint density at radius 2 is 2.17 bits per heavy atom. The Labute approximate surface area is 103 Å². The number of methoxy groups -OCH3 is 1. The number of esters is 1. The van der Waals surface area contributed by atoms with Crippen LogP contribution in [-0.4, -0.2) is 33.7 Å². The van der Waals surface area contributed by atoms with Gasteiger partial charge in [0.05, 0.1) is 23.7 Å². The van der Waals surface area contributed by atoms with Crippen molar-refractivity contribution in [3.63, 3.8) is 0 Å². The van der Waals surface area contributed by atoms with Crippen molar-refractivity contribution < 1.29 is 19.4 Å². The number of carboxylic acids is 1. The molecule has 0 radical (unpaired) electrons. The van der Waals surface area contributed by atoms with E-state index in [1.165, 1.54) is 19.2 Å². The van der Waals surface area contributed by atoms with Crippen molar-refractivity contribution in [1.82, 2.24) is 9.55 Å². The predicted octanol–water partition coefficient (Wildman–Crippen LogP) is 1.22. The van der Waals surface area contributed by atoms with Crippen LogP contribution >= 0.6 is 0 Å². The average Bonchev–Trinajstić information content (AvgIpc) is 2.65. The third-order valence-corrected chi connectivity index (χ3v) is 2.70. The van der Waals surface area contributed by atoms with E-state index < -0.39 is 11.9 Å². The number of hydrogen-bond donors (Lipinski definition) is 1. The van der Waals surface area contributed by atoms with Crippen LogP contribution in [0.15, 0.2) is 18.2 Å². The third-order valence-electron chi connectivity index (χ3n) is 2.70. The zero-order valence-electron chi connectivity index (χ0n) is 10.0. The molecule has 1 N–H and O–H groups in total. The van der Waals surface area contributed by atoms with E-state index in [2.05, 4.69) is 9.72 Å². The minimum Gasteiger partial charge on any atom is -0.478 e. The summed E-state index contributed by atoms with van der Waals surface area (Å²) in [5.74, 6) is -0.781. The fourth-order valence-corrected chi connectivity index (χ4v) is 1.77. The van der Waals surface area contributed by atoms with E-state index in [1.54, 1.807) is 17.6 Å². The first-order chi connectivity index (χ1) is 8.52. The maximum Gasteiger partial charge on any atom is 0.335 e. The molecule has 18 heavy (non-hydrogen) atoms. The van der Waals surface area contributed by atoms with Gasteiger partial charge in [-0.3, -0.25) is 4.79 Å². The number of carbonyl (C=O) groups excluding carboxylic acids is 1. The fourth-order valence-electron chi connectivity index (χ4n) is 1.77. The van der Waals surface area contributed by atoms with Crippen molar-refractivity contribution in [2.24, 2.45) is 0 Å². The molecule has 0 fully saturated rings. The van der Waals surface area contributed by atoms with Crippen LogP contribution in [0.2, 0.25) is 0 Å². The summed E-state index contributed by atoms with van der Waals surface area (Å²) in [6, 6.07) is 4.61. The highest BCUT2D eigenvalue weighted by molar-refractivity contribution is 5.92. The monoisotopic (exact) mass is 248 g/mol. The number of ether oxygens (including phenoxy) is 1. The van der Waals surface area contributed by atoms with Gasteiger partial charge in [0.15, 0.2) is 0 Å². The number of carboxylic acid groups (broad SMARTS) is 1. The lowest BCUT2D eigenvalue weighted by molar-refractivity contribution is -0.141. The SMILES string of the molecule is COC(=O)Cn1c(C)nc2ccc(C(=O)O)cc21. The molecule has 0 unspecified atom stereocenters. The van der Waals surface area contributed by atoms with Gasteiger partial charge in [-0.05, 0) is 25.1 Å². The zero-order chi connectivity index (χ0) is 13.3. The molecule has 0 saturated heterocycles. The van der Waals surface area contributed by atoms with Crippen LogP contribution in [0.1, 0.15) is 16.2 Å². The maximum atomic E-state index is 11.3. The van der Waals surface area contributed by atoms with Gasteiger partial charge in [-0.1, -0.05) is 0 Å². The van der Waals surface area contributed by atoms with E-state index in [4.69, 9.17) is 5.11 Å². The second-order valence-corrected chi connectivity index (χ2v) is 3.83. The number of aromatic carboxylic acids is 1. The average molecular weight is 248 g/mol. The van der Waals surface area contributed by atoms with Gasteiger partial charge in [-0.15, -0.1) is 0 Å². The van der Waals surface area contributed by atoms with E-state index in [0.29, 0.717) is 16.9 Å². The first-order valence-electron chi connectivity index (χ1n) is 5.30. The standard InChI is InChI=1S/C12H12N2O4/c1-7-13-9-4-3-8(12(16)17)5-10(9)14(7)6-11(15)18-2/h3-5H,6H2,1-2H3,(H,16,17). The third kappa shape index (κ3) is 2.04.